The van der Waals surface area contributed by atoms with E-state index in [9.17, 15) is 4.79 Å². The van der Waals surface area contributed by atoms with Crippen molar-refractivity contribution in [2.45, 2.75) is 285 Å². The van der Waals surface area contributed by atoms with Crippen molar-refractivity contribution in [2.24, 2.45) is 5.92 Å². The van der Waals surface area contributed by atoms with E-state index in [-0.39, 0.29) is 6.17 Å². The summed E-state index contributed by atoms with van der Waals surface area (Å²) in [5.41, 5.74) is 0. The highest BCUT2D eigenvalue weighted by Crippen LogP contribution is 2.24. The topological polar surface area (TPSA) is 30.0 Å². The van der Waals surface area contributed by atoms with Gasteiger partial charge in [0.25, 0.3) is 0 Å². The second-order valence-electron chi connectivity index (χ2n) is 20.2. The Bertz CT molecular complexity index is 834. The molecule has 0 aliphatic carbocycles. The molecule has 1 aliphatic heterocycles. The molecule has 1 saturated heterocycles. The second-order valence-corrected chi connectivity index (χ2v) is 20.2. The van der Waals surface area contributed by atoms with Crippen LogP contribution in [0.1, 0.15) is 279 Å². The minimum absolute atomic E-state index is 0.0570. The summed E-state index contributed by atoms with van der Waals surface area (Å²) in [7, 11) is 0. The first kappa shape index (κ1) is 58.5. The van der Waals surface area contributed by atoms with Crippen LogP contribution in [0, 0.1) is 5.92 Å². The number of carbonyl (C=O) groups excluding carboxylic acids is 1. The molecule has 1 heterocycles. The smallest absolute Gasteiger partial charge is 0.151 e. The molecule has 364 valence electrons. The fourth-order valence-electron chi connectivity index (χ4n) is 10.1. The largest absolute Gasteiger partial charge is 0.303 e. The molecule has 0 bridgehead atoms. The molecule has 0 N–H and O–H groups in total. The standard InChI is InChI=1S/C56H114N4O/c1-6-11-16-21-26-31-36-44-57(45-37-32-27-22-17-12-7-2)50-43-55-42-41-49-60(53-55)56(54-61)59(48-40-35-30-25-20-15-10-5)52-51-58(46-38-33-28-23-18-13-8-3)47-39-34-29-24-19-14-9-4/h54-56H,6-53H2,1-5H3. The SMILES string of the molecule is CCCCCCCCCN(CCCCCCCCC)CCC1CCCN(C(C=O)N(CCCCCCCCC)CCN(CCCCCCCCC)CCCCCCCCC)C1. The number of unbranched alkanes of at least 4 members (excludes halogenated alkanes) is 30. The number of aldehydes is 1. The van der Waals surface area contributed by atoms with Crippen LogP contribution in [-0.2, 0) is 4.79 Å². The zero-order chi connectivity index (χ0) is 44.1. The molecular formula is C56H114N4O. The van der Waals surface area contributed by atoms with Crippen LogP contribution >= 0.6 is 0 Å². The summed E-state index contributed by atoms with van der Waals surface area (Å²) in [4.78, 5) is 24.2. The summed E-state index contributed by atoms with van der Waals surface area (Å²) < 4.78 is 0. The van der Waals surface area contributed by atoms with Crippen molar-refractivity contribution in [2.75, 3.05) is 65.4 Å². The van der Waals surface area contributed by atoms with E-state index in [0.717, 1.165) is 32.7 Å². The Morgan fingerprint density at radius 2 is 0.738 bits per heavy atom. The van der Waals surface area contributed by atoms with Gasteiger partial charge >= 0.3 is 0 Å². The van der Waals surface area contributed by atoms with Gasteiger partial charge in [-0.15, -0.1) is 0 Å². The van der Waals surface area contributed by atoms with Gasteiger partial charge in [0, 0.05) is 32.7 Å². The van der Waals surface area contributed by atoms with Gasteiger partial charge in [-0.1, -0.05) is 227 Å². The van der Waals surface area contributed by atoms with Crippen LogP contribution in [-0.4, -0.2) is 97.5 Å². The molecule has 5 heteroatoms. The highest BCUT2D eigenvalue weighted by molar-refractivity contribution is 5.57. The highest BCUT2D eigenvalue weighted by atomic mass is 16.1. The van der Waals surface area contributed by atoms with Crippen LogP contribution in [0.3, 0.4) is 0 Å². The van der Waals surface area contributed by atoms with Crippen LogP contribution in [0.15, 0.2) is 0 Å². The molecule has 0 spiro atoms. The summed E-state index contributed by atoms with van der Waals surface area (Å²) in [6.07, 6.45) is 53.4. The van der Waals surface area contributed by atoms with E-state index < -0.39 is 0 Å². The lowest BCUT2D eigenvalue weighted by Gasteiger charge is -2.42. The predicted octanol–water partition coefficient (Wildman–Crippen LogP) is 16.3. The molecule has 0 aromatic carbocycles. The van der Waals surface area contributed by atoms with Crippen molar-refractivity contribution in [3.05, 3.63) is 0 Å². The average Bonchev–Trinajstić information content (AvgIpc) is 3.27. The number of hydrogen-bond donors (Lipinski definition) is 0. The van der Waals surface area contributed by atoms with Crippen molar-refractivity contribution >= 4 is 6.29 Å². The number of likely N-dealkylation sites (tertiary alicyclic amines) is 1. The van der Waals surface area contributed by atoms with Gasteiger partial charge in [-0.2, -0.15) is 0 Å². The molecule has 2 unspecified atom stereocenters. The van der Waals surface area contributed by atoms with Crippen LogP contribution < -0.4 is 0 Å². The first-order valence-electron chi connectivity index (χ1n) is 28.5. The molecule has 0 saturated carbocycles. The Kier molecular flexibility index (Phi) is 44.2. The van der Waals surface area contributed by atoms with Gasteiger partial charge in [0.05, 0.1) is 0 Å². The molecular weight excluding hydrogens is 745 g/mol. The zero-order valence-electron chi connectivity index (χ0n) is 42.9. The predicted molar refractivity (Wildman–Crippen MR) is 273 cm³/mol. The van der Waals surface area contributed by atoms with Crippen LogP contribution in [0.5, 0.6) is 0 Å². The molecule has 2 atom stereocenters. The number of carbonyl (C=O) groups is 1. The van der Waals surface area contributed by atoms with Crippen LogP contribution in [0.4, 0.5) is 0 Å². The quantitative estimate of drug-likeness (QED) is 0.0449. The third-order valence-corrected chi connectivity index (χ3v) is 14.3. The van der Waals surface area contributed by atoms with E-state index in [1.54, 1.807) is 0 Å². The first-order valence-corrected chi connectivity index (χ1v) is 28.5. The number of piperidine rings is 1. The van der Waals surface area contributed by atoms with Crippen molar-refractivity contribution in [1.29, 1.82) is 0 Å². The lowest BCUT2D eigenvalue weighted by molar-refractivity contribution is -0.120. The average molecular weight is 860 g/mol. The molecule has 1 rings (SSSR count). The maximum absolute atomic E-state index is 13.3. The Hall–Kier alpha value is -0.490. The maximum Gasteiger partial charge on any atom is 0.151 e. The molecule has 1 fully saturated rings. The summed E-state index contributed by atoms with van der Waals surface area (Å²) in [6.45, 7) is 23.4. The minimum Gasteiger partial charge on any atom is -0.303 e. The van der Waals surface area contributed by atoms with Gasteiger partial charge in [-0.05, 0) is 90.0 Å². The molecule has 5 nitrogen and oxygen atoms in total. The number of hydrogen-bond acceptors (Lipinski definition) is 5. The summed E-state index contributed by atoms with van der Waals surface area (Å²) in [6, 6.07) is 0. The van der Waals surface area contributed by atoms with Gasteiger partial charge in [0.15, 0.2) is 6.29 Å². The Balaban J connectivity index is 2.92. The van der Waals surface area contributed by atoms with Crippen molar-refractivity contribution in [3.8, 4) is 0 Å². The van der Waals surface area contributed by atoms with Crippen molar-refractivity contribution < 1.29 is 4.79 Å². The molecule has 0 aromatic rings. The second kappa shape index (κ2) is 46.1. The maximum atomic E-state index is 13.3. The highest BCUT2D eigenvalue weighted by Gasteiger charge is 2.30. The van der Waals surface area contributed by atoms with E-state index in [0.29, 0.717) is 5.92 Å². The molecule has 0 radical (unpaired) electrons. The fraction of sp³-hybridized carbons (Fsp3) is 0.982. The summed E-state index contributed by atoms with van der Waals surface area (Å²) in [5.74, 6) is 0.716. The zero-order valence-corrected chi connectivity index (χ0v) is 42.9. The monoisotopic (exact) mass is 859 g/mol. The summed E-state index contributed by atoms with van der Waals surface area (Å²) >= 11 is 0. The van der Waals surface area contributed by atoms with E-state index >= 15 is 0 Å². The number of rotatable bonds is 49. The first-order chi connectivity index (χ1) is 30.1. The molecule has 61 heavy (non-hydrogen) atoms. The molecule has 0 amide bonds. The Labute approximate surface area is 385 Å². The molecule has 0 aromatic heterocycles. The van der Waals surface area contributed by atoms with Gasteiger partial charge in [0.1, 0.15) is 6.17 Å². The van der Waals surface area contributed by atoms with Gasteiger partial charge in [-0.3, -0.25) is 9.80 Å². The number of nitrogens with zero attached hydrogens (tertiary/aromatic N) is 4. The van der Waals surface area contributed by atoms with Crippen molar-refractivity contribution in [1.82, 2.24) is 19.6 Å². The lowest BCUT2D eigenvalue weighted by Crippen LogP contribution is -2.54. The van der Waals surface area contributed by atoms with E-state index in [2.05, 4.69) is 54.2 Å². The molecule has 1 aliphatic rings. The van der Waals surface area contributed by atoms with Gasteiger partial charge in [-0.25, -0.2) is 0 Å². The van der Waals surface area contributed by atoms with Gasteiger partial charge < -0.3 is 14.6 Å². The van der Waals surface area contributed by atoms with Crippen molar-refractivity contribution in [3.63, 3.8) is 0 Å². The third kappa shape index (κ3) is 35.5. The van der Waals surface area contributed by atoms with Gasteiger partial charge in [0.2, 0.25) is 0 Å². The Morgan fingerprint density at radius 3 is 1.10 bits per heavy atom. The fourth-order valence-corrected chi connectivity index (χ4v) is 10.1. The summed E-state index contributed by atoms with van der Waals surface area (Å²) in [5, 5.41) is 0. The van der Waals surface area contributed by atoms with Crippen LogP contribution in [0.25, 0.3) is 0 Å². The van der Waals surface area contributed by atoms with E-state index in [1.807, 2.05) is 0 Å². The van der Waals surface area contributed by atoms with Crippen LogP contribution in [0.2, 0.25) is 0 Å². The Morgan fingerprint density at radius 1 is 0.410 bits per heavy atom. The van der Waals surface area contributed by atoms with E-state index in [1.165, 1.54) is 283 Å². The minimum atomic E-state index is -0.0570. The lowest BCUT2D eigenvalue weighted by atomic mass is 9.94. The van der Waals surface area contributed by atoms with E-state index in [4.69, 9.17) is 0 Å². The normalized spacial score (nSPS) is 15.5. The third-order valence-electron chi connectivity index (χ3n) is 14.3.